The van der Waals surface area contributed by atoms with Crippen LogP contribution in [0.2, 0.25) is 0 Å². The van der Waals surface area contributed by atoms with Crippen LogP contribution in [-0.4, -0.2) is 67.8 Å². The van der Waals surface area contributed by atoms with Crippen LogP contribution in [0.5, 0.6) is 0 Å². The molecule has 2 amide bonds. The van der Waals surface area contributed by atoms with E-state index in [1.807, 2.05) is 24.3 Å². The van der Waals surface area contributed by atoms with Gasteiger partial charge in [0.1, 0.15) is 12.1 Å². The lowest BCUT2D eigenvalue weighted by Crippen LogP contribution is -2.54. The van der Waals surface area contributed by atoms with Crippen molar-refractivity contribution in [3.05, 3.63) is 42.5 Å². The molecule has 0 aliphatic carbocycles. The monoisotopic (exact) mass is 444 g/mol. The molecule has 0 saturated carbocycles. The van der Waals surface area contributed by atoms with E-state index in [1.54, 1.807) is 24.0 Å². The molecule has 9 heteroatoms. The van der Waals surface area contributed by atoms with Gasteiger partial charge in [0.2, 0.25) is 21.8 Å². The van der Waals surface area contributed by atoms with E-state index in [2.05, 4.69) is 4.72 Å². The lowest BCUT2D eigenvalue weighted by molar-refractivity contribution is -0.144. The van der Waals surface area contributed by atoms with Crippen LogP contribution >= 0.6 is 0 Å². The zero-order valence-corrected chi connectivity index (χ0v) is 18.3. The Bertz CT molecular complexity index is 1100. The number of nitrogens with two attached hydrogens (primary N) is 1. The molecule has 2 heterocycles. The smallest absolute Gasteiger partial charge is 0.245 e. The Morgan fingerprint density at radius 3 is 2.61 bits per heavy atom. The number of rotatable bonds is 5. The second-order valence-corrected chi connectivity index (χ2v) is 10.1. The zero-order valence-electron chi connectivity index (χ0n) is 17.5. The second-order valence-electron chi connectivity index (χ2n) is 8.37. The second kappa shape index (κ2) is 8.57. The first kappa shape index (κ1) is 21.7. The molecule has 31 heavy (non-hydrogen) atoms. The van der Waals surface area contributed by atoms with Crippen molar-refractivity contribution in [1.82, 2.24) is 14.5 Å². The summed E-state index contributed by atoms with van der Waals surface area (Å²) in [5.74, 6) is -0.506. The highest BCUT2D eigenvalue weighted by Crippen LogP contribution is 2.22. The summed E-state index contributed by atoms with van der Waals surface area (Å²) in [7, 11) is -3.87. The largest absolute Gasteiger partial charge is 0.339 e. The van der Waals surface area contributed by atoms with Gasteiger partial charge >= 0.3 is 0 Å². The van der Waals surface area contributed by atoms with Crippen LogP contribution in [0.1, 0.15) is 26.2 Å². The molecule has 2 aromatic carbocycles. The molecule has 4 rings (SSSR count). The molecule has 8 nitrogen and oxygen atoms in total. The number of nitrogens with zero attached hydrogens (tertiary/aromatic N) is 2. The number of amides is 2. The molecule has 2 aliphatic rings. The quantitative estimate of drug-likeness (QED) is 0.716. The van der Waals surface area contributed by atoms with Gasteiger partial charge in [0.05, 0.1) is 4.90 Å². The Kier molecular flexibility index (Phi) is 6.00. The van der Waals surface area contributed by atoms with Crippen molar-refractivity contribution in [3.63, 3.8) is 0 Å². The Balaban J connectivity index is 1.45. The maximum absolute atomic E-state index is 12.9. The van der Waals surface area contributed by atoms with E-state index in [0.717, 1.165) is 23.6 Å². The molecule has 0 unspecified atom stereocenters. The Morgan fingerprint density at radius 1 is 1.13 bits per heavy atom. The number of hydrogen-bond acceptors (Lipinski definition) is 5. The van der Waals surface area contributed by atoms with Gasteiger partial charge in [-0.15, -0.1) is 0 Å². The number of nitrogens with one attached hydrogen (secondary N) is 1. The van der Waals surface area contributed by atoms with Gasteiger partial charge in [-0.1, -0.05) is 30.3 Å². The molecular weight excluding hydrogens is 416 g/mol. The SMILES string of the molecule is C[C@@H](C(=O)N1CCC[C@H](N)C1)N1CC[C@H](NS(=O)(=O)c2ccc3ccccc3c2)C1=O. The van der Waals surface area contributed by atoms with E-state index in [1.165, 1.54) is 11.0 Å². The summed E-state index contributed by atoms with van der Waals surface area (Å²) in [6, 6.07) is 10.8. The standard InChI is InChI=1S/C22H28N4O4S/c1-15(21(27)25-11-4-7-18(23)14-25)26-12-10-20(22(26)28)24-31(29,30)19-9-8-16-5-2-3-6-17(16)13-19/h2-3,5-6,8-9,13,15,18,20,24H,4,7,10-12,14,23H2,1H3/t15-,18-,20-/m0/s1. The summed E-state index contributed by atoms with van der Waals surface area (Å²) < 4.78 is 28.3. The number of carbonyl (C=O) groups is 2. The van der Waals surface area contributed by atoms with Crippen LogP contribution < -0.4 is 10.5 Å². The van der Waals surface area contributed by atoms with Crippen molar-refractivity contribution in [1.29, 1.82) is 0 Å². The van der Waals surface area contributed by atoms with Gasteiger partial charge < -0.3 is 15.5 Å². The molecule has 166 valence electrons. The molecule has 0 spiro atoms. The Morgan fingerprint density at radius 2 is 1.87 bits per heavy atom. The number of benzene rings is 2. The number of sulfonamides is 1. The lowest BCUT2D eigenvalue weighted by atomic mass is 10.1. The summed E-state index contributed by atoms with van der Waals surface area (Å²) >= 11 is 0. The third-order valence-electron chi connectivity index (χ3n) is 6.16. The summed E-state index contributed by atoms with van der Waals surface area (Å²) in [5, 5.41) is 1.75. The first-order chi connectivity index (χ1) is 14.8. The first-order valence-electron chi connectivity index (χ1n) is 10.6. The van der Waals surface area contributed by atoms with Crippen molar-refractivity contribution in [3.8, 4) is 0 Å². The summed E-state index contributed by atoms with van der Waals surface area (Å²) in [5.41, 5.74) is 5.97. The molecule has 0 bridgehead atoms. The van der Waals surface area contributed by atoms with Gasteiger partial charge in [0.15, 0.2) is 0 Å². The molecule has 3 atom stereocenters. The molecule has 2 aromatic rings. The molecule has 2 fully saturated rings. The third-order valence-corrected chi connectivity index (χ3v) is 7.63. The summed E-state index contributed by atoms with van der Waals surface area (Å²) in [6.07, 6.45) is 2.06. The van der Waals surface area contributed by atoms with Gasteiger partial charge in [0.25, 0.3) is 0 Å². The van der Waals surface area contributed by atoms with E-state index < -0.39 is 22.1 Å². The number of likely N-dealkylation sites (tertiary alicyclic amines) is 2. The Labute approximate surface area is 182 Å². The first-order valence-corrected chi connectivity index (χ1v) is 12.1. The molecule has 0 radical (unpaired) electrons. The highest BCUT2D eigenvalue weighted by molar-refractivity contribution is 7.89. The fourth-order valence-corrected chi connectivity index (χ4v) is 5.65. The van der Waals surface area contributed by atoms with Gasteiger partial charge in [0, 0.05) is 25.7 Å². The van der Waals surface area contributed by atoms with E-state index in [0.29, 0.717) is 26.1 Å². The minimum atomic E-state index is -3.87. The van der Waals surface area contributed by atoms with Crippen LogP contribution in [0.4, 0.5) is 0 Å². The molecular formula is C22H28N4O4S. The Hall–Kier alpha value is -2.49. The minimum Gasteiger partial charge on any atom is -0.339 e. The maximum atomic E-state index is 12.9. The van der Waals surface area contributed by atoms with Crippen LogP contribution in [0.25, 0.3) is 10.8 Å². The van der Waals surface area contributed by atoms with Gasteiger partial charge in [-0.3, -0.25) is 9.59 Å². The van der Waals surface area contributed by atoms with Gasteiger partial charge in [-0.2, -0.15) is 4.72 Å². The van der Waals surface area contributed by atoms with E-state index >= 15 is 0 Å². The normalized spacial score (nSPS) is 23.4. The van der Waals surface area contributed by atoms with Crippen LogP contribution in [0.15, 0.2) is 47.4 Å². The molecule has 0 aromatic heterocycles. The summed E-state index contributed by atoms with van der Waals surface area (Å²) in [6.45, 7) is 3.15. The summed E-state index contributed by atoms with van der Waals surface area (Å²) in [4.78, 5) is 29.1. The highest BCUT2D eigenvalue weighted by Gasteiger charge is 2.40. The fraction of sp³-hybridized carbons (Fsp3) is 0.455. The van der Waals surface area contributed by atoms with Crippen LogP contribution in [0.3, 0.4) is 0 Å². The van der Waals surface area contributed by atoms with E-state index in [-0.39, 0.29) is 22.8 Å². The van der Waals surface area contributed by atoms with Crippen molar-refractivity contribution in [2.24, 2.45) is 5.73 Å². The molecule has 3 N–H and O–H groups in total. The number of piperidine rings is 1. The number of hydrogen-bond donors (Lipinski definition) is 2. The van der Waals surface area contributed by atoms with Crippen molar-refractivity contribution in [2.75, 3.05) is 19.6 Å². The lowest BCUT2D eigenvalue weighted by Gasteiger charge is -2.35. The topological polar surface area (TPSA) is 113 Å². The van der Waals surface area contributed by atoms with Crippen molar-refractivity contribution < 1.29 is 18.0 Å². The van der Waals surface area contributed by atoms with Crippen LogP contribution in [0, 0.1) is 0 Å². The van der Waals surface area contributed by atoms with Crippen molar-refractivity contribution in [2.45, 2.75) is 49.2 Å². The average molecular weight is 445 g/mol. The van der Waals surface area contributed by atoms with E-state index in [4.69, 9.17) is 5.73 Å². The predicted molar refractivity (Wildman–Crippen MR) is 118 cm³/mol. The highest BCUT2D eigenvalue weighted by atomic mass is 32.2. The minimum absolute atomic E-state index is 0.0410. The third kappa shape index (κ3) is 4.44. The van der Waals surface area contributed by atoms with Gasteiger partial charge in [-0.05, 0) is 49.1 Å². The fourth-order valence-electron chi connectivity index (χ4n) is 4.39. The average Bonchev–Trinajstić information content (AvgIpc) is 3.11. The van der Waals surface area contributed by atoms with E-state index in [9.17, 15) is 18.0 Å². The maximum Gasteiger partial charge on any atom is 0.245 e. The number of carbonyl (C=O) groups excluding carboxylic acids is 2. The van der Waals surface area contributed by atoms with Gasteiger partial charge in [-0.25, -0.2) is 8.42 Å². The van der Waals surface area contributed by atoms with Crippen LogP contribution in [-0.2, 0) is 19.6 Å². The van der Waals surface area contributed by atoms with Crippen molar-refractivity contribution >= 4 is 32.6 Å². The molecule has 2 saturated heterocycles. The number of fused-ring (bicyclic) bond motifs is 1. The predicted octanol–water partition coefficient (Wildman–Crippen LogP) is 1.06. The molecule has 2 aliphatic heterocycles. The zero-order chi connectivity index (χ0) is 22.2.